The average Bonchev–Trinajstić information content (AvgIpc) is 2.72. The average molecular weight is 223 g/mol. The van der Waals surface area contributed by atoms with E-state index in [1.165, 1.54) is 0 Å². The number of amides is 1. The van der Waals surface area contributed by atoms with Gasteiger partial charge < -0.3 is 10.1 Å². The molecule has 0 saturated carbocycles. The lowest BCUT2D eigenvalue weighted by molar-refractivity contribution is -0.122. The Labute approximate surface area is 95.1 Å². The predicted molar refractivity (Wildman–Crippen MR) is 61.3 cm³/mol. The van der Waals surface area contributed by atoms with Gasteiger partial charge in [0.1, 0.15) is 0 Å². The molecule has 0 aliphatic rings. The van der Waals surface area contributed by atoms with Gasteiger partial charge in [-0.05, 0) is 13.8 Å². The maximum atomic E-state index is 11.2. The third-order valence-corrected chi connectivity index (χ3v) is 1.92. The maximum absolute atomic E-state index is 11.2. The van der Waals surface area contributed by atoms with Gasteiger partial charge in [-0.25, -0.2) is 0 Å². The zero-order valence-corrected chi connectivity index (χ0v) is 9.64. The number of hydrogen-bond acceptors (Lipinski definition) is 3. The molecule has 1 amide bonds. The molecule has 16 heavy (non-hydrogen) atoms. The number of aromatic nitrogens is 2. The first-order valence-corrected chi connectivity index (χ1v) is 5.18. The minimum absolute atomic E-state index is 0.00235. The molecule has 5 nitrogen and oxygen atoms in total. The molecule has 0 fully saturated rings. The third kappa shape index (κ3) is 3.76. The van der Waals surface area contributed by atoms with Gasteiger partial charge >= 0.3 is 0 Å². The summed E-state index contributed by atoms with van der Waals surface area (Å²) in [5.74, 6) is 0.430. The van der Waals surface area contributed by atoms with Crippen LogP contribution in [0.15, 0.2) is 25.0 Å². The number of nitrogens with zero attached hydrogens (tertiary/aromatic N) is 2. The lowest BCUT2D eigenvalue weighted by atomic mass is 10.4. The van der Waals surface area contributed by atoms with Crippen LogP contribution in [-0.4, -0.2) is 28.8 Å². The van der Waals surface area contributed by atoms with Gasteiger partial charge in [-0.3, -0.25) is 9.48 Å². The summed E-state index contributed by atoms with van der Waals surface area (Å²) in [4.78, 5) is 11.2. The molecule has 1 aromatic rings. The molecule has 0 aromatic carbocycles. The second-order valence-electron chi connectivity index (χ2n) is 3.63. The van der Waals surface area contributed by atoms with Crippen molar-refractivity contribution in [2.45, 2.75) is 19.9 Å². The Morgan fingerprint density at radius 3 is 3.06 bits per heavy atom. The Morgan fingerprint density at radius 1 is 1.75 bits per heavy atom. The predicted octanol–water partition coefficient (Wildman–Crippen LogP) is 1.14. The van der Waals surface area contributed by atoms with E-state index in [-0.39, 0.29) is 18.6 Å². The number of hydrogen-bond donors (Lipinski definition) is 1. The second-order valence-corrected chi connectivity index (χ2v) is 3.63. The number of ether oxygens (including phenoxy) is 1. The van der Waals surface area contributed by atoms with Crippen LogP contribution in [0.2, 0.25) is 0 Å². The summed E-state index contributed by atoms with van der Waals surface area (Å²) in [6, 6.07) is 0.284. The fraction of sp³-hybridized carbons (Fsp3) is 0.455. The molecule has 0 atom stereocenters. The molecule has 0 unspecified atom stereocenters. The Kier molecular flexibility index (Phi) is 4.57. The molecule has 0 aliphatic heterocycles. The van der Waals surface area contributed by atoms with Gasteiger partial charge in [0.2, 0.25) is 0 Å². The lowest BCUT2D eigenvalue weighted by Gasteiger charge is -2.04. The van der Waals surface area contributed by atoms with Crippen molar-refractivity contribution in [1.29, 1.82) is 0 Å². The summed E-state index contributed by atoms with van der Waals surface area (Å²) in [7, 11) is 0. The maximum Gasteiger partial charge on any atom is 0.258 e. The smallest absolute Gasteiger partial charge is 0.258 e. The molecule has 0 aliphatic carbocycles. The van der Waals surface area contributed by atoms with Crippen LogP contribution < -0.4 is 10.1 Å². The van der Waals surface area contributed by atoms with Crippen molar-refractivity contribution in [3.63, 3.8) is 0 Å². The van der Waals surface area contributed by atoms with Crippen molar-refractivity contribution in [3.05, 3.63) is 25.0 Å². The lowest BCUT2D eigenvalue weighted by Crippen LogP contribution is -2.28. The molecular formula is C11H17N3O2. The fourth-order valence-electron chi connectivity index (χ4n) is 1.06. The molecule has 1 heterocycles. The topological polar surface area (TPSA) is 56.1 Å². The molecule has 0 saturated heterocycles. The molecule has 5 heteroatoms. The molecule has 1 aromatic heterocycles. The van der Waals surface area contributed by atoms with E-state index in [1.54, 1.807) is 23.2 Å². The standard InChI is InChI=1S/C11H17N3O2/c1-4-5-12-11(15)8-16-10-6-13-14(7-10)9(2)3/h4,6-7,9H,1,5,8H2,2-3H3,(H,12,15). The summed E-state index contributed by atoms with van der Waals surface area (Å²) >= 11 is 0. The number of carbonyl (C=O) groups is 1. The van der Waals surface area contributed by atoms with Crippen LogP contribution in [0.1, 0.15) is 19.9 Å². The molecule has 0 bridgehead atoms. The zero-order valence-electron chi connectivity index (χ0n) is 9.64. The van der Waals surface area contributed by atoms with Gasteiger partial charge in [-0.2, -0.15) is 5.10 Å². The normalized spacial score (nSPS) is 10.2. The van der Waals surface area contributed by atoms with Crippen molar-refractivity contribution in [2.75, 3.05) is 13.2 Å². The van der Waals surface area contributed by atoms with Gasteiger partial charge in [0.05, 0.1) is 12.4 Å². The van der Waals surface area contributed by atoms with Crippen LogP contribution in [0.3, 0.4) is 0 Å². The van der Waals surface area contributed by atoms with Crippen molar-refractivity contribution in [2.24, 2.45) is 0 Å². The largest absolute Gasteiger partial charge is 0.480 e. The molecule has 88 valence electrons. The Hall–Kier alpha value is -1.78. The van der Waals surface area contributed by atoms with Crippen LogP contribution >= 0.6 is 0 Å². The monoisotopic (exact) mass is 223 g/mol. The minimum Gasteiger partial charge on any atom is -0.480 e. The molecule has 1 rings (SSSR count). The van der Waals surface area contributed by atoms with Crippen LogP contribution in [0.5, 0.6) is 5.75 Å². The highest BCUT2D eigenvalue weighted by molar-refractivity contribution is 5.77. The Morgan fingerprint density at radius 2 is 2.50 bits per heavy atom. The third-order valence-electron chi connectivity index (χ3n) is 1.92. The minimum atomic E-state index is -0.169. The quantitative estimate of drug-likeness (QED) is 0.736. The summed E-state index contributed by atoms with van der Waals surface area (Å²) in [5, 5.41) is 6.72. The van der Waals surface area contributed by atoms with Gasteiger partial charge in [-0.1, -0.05) is 6.08 Å². The van der Waals surface area contributed by atoms with E-state index in [4.69, 9.17) is 4.74 Å². The fourth-order valence-corrected chi connectivity index (χ4v) is 1.06. The summed E-state index contributed by atoms with van der Waals surface area (Å²) < 4.78 is 7.04. The highest BCUT2D eigenvalue weighted by atomic mass is 16.5. The second kappa shape index (κ2) is 5.95. The highest BCUT2D eigenvalue weighted by Crippen LogP contribution is 2.11. The van der Waals surface area contributed by atoms with E-state index in [0.717, 1.165) is 0 Å². The first-order valence-electron chi connectivity index (χ1n) is 5.18. The van der Waals surface area contributed by atoms with Gasteiger partial charge in [0.15, 0.2) is 12.4 Å². The van der Waals surface area contributed by atoms with E-state index in [9.17, 15) is 4.79 Å². The zero-order chi connectivity index (χ0) is 12.0. The van der Waals surface area contributed by atoms with Crippen LogP contribution in [0, 0.1) is 0 Å². The first kappa shape index (κ1) is 12.3. The summed E-state index contributed by atoms with van der Waals surface area (Å²) in [6.45, 7) is 8.00. The number of nitrogens with one attached hydrogen (secondary N) is 1. The molecule has 0 radical (unpaired) electrons. The van der Waals surface area contributed by atoms with E-state index in [0.29, 0.717) is 12.3 Å². The van der Waals surface area contributed by atoms with Gasteiger partial charge in [0.25, 0.3) is 5.91 Å². The van der Waals surface area contributed by atoms with Crippen molar-refractivity contribution >= 4 is 5.91 Å². The van der Waals surface area contributed by atoms with Crippen molar-refractivity contribution in [3.8, 4) is 5.75 Å². The van der Waals surface area contributed by atoms with E-state index >= 15 is 0 Å². The summed E-state index contributed by atoms with van der Waals surface area (Å²) in [6.07, 6.45) is 4.99. The van der Waals surface area contributed by atoms with Crippen molar-refractivity contribution < 1.29 is 9.53 Å². The SMILES string of the molecule is C=CCNC(=O)COc1cnn(C(C)C)c1. The van der Waals surface area contributed by atoms with Crippen molar-refractivity contribution in [1.82, 2.24) is 15.1 Å². The molecule has 0 spiro atoms. The van der Waals surface area contributed by atoms with Gasteiger partial charge in [-0.15, -0.1) is 6.58 Å². The van der Waals surface area contributed by atoms with Gasteiger partial charge in [0, 0.05) is 12.6 Å². The van der Waals surface area contributed by atoms with Crippen LogP contribution in [-0.2, 0) is 4.79 Å². The molecular weight excluding hydrogens is 206 g/mol. The Bertz CT molecular complexity index is 358. The number of rotatable bonds is 6. The highest BCUT2D eigenvalue weighted by Gasteiger charge is 2.04. The van der Waals surface area contributed by atoms with E-state index in [1.807, 2.05) is 13.8 Å². The number of carbonyl (C=O) groups excluding carboxylic acids is 1. The summed E-state index contributed by atoms with van der Waals surface area (Å²) in [5.41, 5.74) is 0. The van der Waals surface area contributed by atoms with Crippen LogP contribution in [0.4, 0.5) is 0 Å². The van der Waals surface area contributed by atoms with E-state index < -0.39 is 0 Å². The Balaban J connectivity index is 2.36. The molecule has 1 N–H and O–H groups in total. The first-order chi connectivity index (χ1) is 7.63. The van der Waals surface area contributed by atoms with Crippen LogP contribution in [0.25, 0.3) is 0 Å². The van der Waals surface area contributed by atoms with E-state index in [2.05, 4.69) is 17.0 Å².